The molecule has 0 N–H and O–H groups in total. The van der Waals surface area contributed by atoms with Crippen LogP contribution in [-0.2, 0) is 0 Å². The van der Waals surface area contributed by atoms with E-state index < -0.39 is 0 Å². The van der Waals surface area contributed by atoms with E-state index in [0.717, 1.165) is 60.0 Å². The molecule has 3 aromatic rings. The number of thiazole rings is 1. The number of anilines is 2. The van der Waals surface area contributed by atoms with Crippen LogP contribution in [0.15, 0.2) is 18.2 Å². The summed E-state index contributed by atoms with van der Waals surface area (Å²) in [6.07, 6.45) is 0. The van der Waals surface area contributed by atoms with Crippen LogP contribution in [0.2, 0.25) is 0 Å². The summed E-state index contributed by atoms with van der Waals surface area (Å²) < 4.78 is 1.83. The van der Waals surface area contributed by atoms with Crippen molar-refractivity contribution in [2.24, 2.45) is 0 Å². The summed E-state index contributed by atoms with van der Waals surface area (Å²) in [5, 5.41) is 14.4. The van der Waals surface area contributed by atoms with Crippen molar-refractivity contribution in [1.82, 2.24) is 25.0 Å². The van der Waals surface area contributed by atoms with Crippen molar-refractivity contribution < 1.29 is 0 Å². The van der Waals surface area contributed by atoms with E-state index >= 15 is 0 Å². The Morgan fingerprint density at radius 1 is 0.885 bits per heavy atom. The molecular weight excluding hydrogens is 346 g/mol. The Bertz CT molecular complexity index is 885. The van der Waals surface area contributed by atoms with Gasteiger partial charge in [0.15, 0.2) is 16.8 Å². The smallest absolute Gasteiger partial charge is 0.185 e. The van der Waals surface area contributed by atoms with Gasteiger partial charge in [-0.05, 0) is 45.9 Å². The van der Waals surface area contributed by atoms with Crippen molar-refractivity contribution >= 4 is 22.3 Å². The first-order valence-electron chi connectivity index (χ1n) is 8.82. The first-order valence-corrected chi connectivity index (χ1v) is 9.64. The average molecular weight is 369 g/mol. The van der Waals surface area contributed by atoms with Crippen molar-refractivity contribution in [3.8, 4) is 5.82 Å². The number of aryl methyl sites for hydroxylation is 4. The SMILES string of the molecule is Cc1cc(C)n(-c2ccc(N3CCN(c4nc(C)c(C)s4)CC3)nn2)n1. The number of aromatic nitrogens is 5. The minimum Gasteiger partial charge on any atom is -0.352 e. The Hall–Kier alpha value is -2.48. The molecule has 0 radical (unpaired) electrons. The summed E-state index contributed by atoms with van der Waals surface area (Å²) in [5.74, 6) is 1.67. The fraction of sp³-hybridized carbons (Fsp3) is 0.444. The molecule has 4 heterocycles. The summed E-state index contributed by atoms with van der Waals surface area (Å²) in [7, 11) is 0. The second-order valence-corrected chi connectivity index (χ2v) is 7.88. The summed E-state index contributed by atoms with van der Waals surface area (Å²) >= 11 is 1.78. The minimum atomic E-state index is 0.756. The molecule has 0 atom stereocenters. The third-order valence-corrected chi connectivity index (χ3v) is 5.89. The summed E-state index contributed by atoms with van der Waals surface area (Å²) in [5.41, 5.74) is 3.18. The molecule has 1 fully saturated rings. The van der Waals surface area contributed by atoms with Crippen molar-refractivity contribution in [2.75, 3.05) is 36.0 Å². The molecule has 136 valence electrons. The summed E-state index contributed by atoms with van der Waals surface area (Å²) in [6, 6.07) is 6.06. The molecule has 1 aliphatic heterocycles. The van der Waals surface area contributed by atoms with Gasteiger partial charge < -0.3 is 9.80 Å². The van der Waals surface area contributed by atoms with Gasteiger partial charge in [0, 0.05) is 36.8 Å². The molecule has 1 saturated heterocycles. The van der Waals surface area contributed by atoms with Gasteiger partial charge in [-0.2, -0.15) is 5.10 Å². The van der Waals surface area contributed by atoms with E-state index in [1.165, 1.54) is 4.88 Å². The Kier molecular flexibility index (Phi) is 4.36. The zero-order valence-electron chi connectivity index (χ0n) is 15.6. The monoisotopic (exact) mass is 369 g/mol. The predicted molar refractivity (Wildman–Crippen MR) is 105 cm³/mol. The standard InChI is InChI=1S/C18H23N7S/c1-12-11-13(2)25(22-12)17-6-5-16(20-21-17)23-7-9-24(10-8-23)18-19-14(3)15(4)26-18/h5-6,11H,7-10H2,1-4H3. The van der Waals surface area contributed by atoms with E-state index in [9.17, 15) is 0 Å². The van der Waals surface area contributed by atoms with E-state index in [0.29, 0.717) is 0 Å². The first-order chi connectivity index (χ1) is 12.5. The predicted octanol–water partition coefficient (Wildman–Crippen LogP) is 2.68. The van der Waals surface area contributed by atoms with Crippen molar-refractivity contribution in [1.29, 1.82) is 0 Å². The van der Waals surface area contributed by atoms with Gasteiger partial charge >= 0.3 is 0 Å². The Labute approximate surface area is 157 Å². The van der Waals surface area contributed by atoms with Crippen LogP contribution in [-0.4, -0.2) is 51.1 Å². The van der Waals surface area contributed by atoms with E-state index in [-0.39, 0.29) is 0 Å². The third kappa shape index (κ3) is 3.16. The maximum Gasteiger partial charge on any atom is 0.185 e. The zero-order valence-corrected chi connectivity index (χ0v) is 16.4. The summed E-state index contributed by atoms with van der Waals surface area (Å²) in [4.78, 5) is 10.6. The van der Waals surface area contributed by atoms with Gasteiger partial charge in [-0.15, -0.1) is 21.5 Å². The molecule has 7 nitrogen and oxygen atoms in total. The van der Waals surface area contributed by atoms with Crippen LogP contribution in [0.3, 0.4) is 0 Å². The topological polar surface area (TPSA) is 63.0 Å². The van der Waals surface area contributed by atoms with E-state index in [4.69, 9.17) is 0 Å². The molecule has 26 heavy (non-hydrogen) atoms. The molecule has 0 unspecified atom stereocenters. The number of piperazine rings is 1. The highest BCUT2D eigenvalue weighted by Crippen LogP contribution is 2.26. The van der Waals surface area contributed by atoms with Crippen LogP contribution < -0.4 is 9.80 Å². The van der Waals surface area contributed by atoms with Crippen LogP contribution in [0, 0.1) is 27.7 Å². The summed E-state index contributed by atoms with van der Waals surface area (Å²) in [6.45, 7) is 12.0. The second kappa shape index (κ2) is 6.68. The maximum absolute atomic E-state index is 4.68. The molecule has 1 aliphatic rings. The van der Waals surface area contributed by atoms with Gasteiger partial charge in [0.1, 0.15) is 0 Å². The number of hydrogen-bond acceptors (Lipinski definition) is 7. The van der Waals surface area contributed by atoms with Crippen molar-refractivity contribution in [3.05, 3.63) is 40.2 Å². The molecule has 0 aromatic carbocycles. The maximum atomic E-state index is 4.68. The van der Waals surface area contributed by atoms with E-state index in [1.54, 1.807) is 11.3 Å². The highest BCUT2D eigenvalue weighted by atomic mass is 32.1. The third-order valence-electron chi connectivity index (χ3n) is 4.75. The molecule has 4 rings (SSSR count). The largest absolute Gasteiger partial charge is 0.352 e. The molecule has 0 bridgehead atoms. The second-order valence-electron chi connectivity index (χ2n) is 6.70. The van der Waals surface area contributed by atoms with E-state index in [2.05, 4.69) is 43.9 Å². The van der Waals surface area contributed by atoms with Crippen molar-refractivity contribution in [3.63, 3.8) is 0 Å². The zero-order chi connectivity index (χ0) is 18.3. The van der Waals surface area contributed by atoms with Crippen LogP contribution >= 0.6 is 11.3 Å². The highest BCUT2D eigenvalue weighted by molar-refractivity contribution is 7.15. The molecular formula is C18H23N7S. The van der Waals surface area contributed by atoms with Crippen LogP contribution in [0.1, 0.15) is 22.0 Å². The number of nitrogens with zero attached hydrogens (tertiary/aromatic N) is 7. The number of rotatable bonds is 3. The van der Waals surface area contributed by atoms with Gasteiger partial charge in [-0.1, -0.05) is 0 Å². The fourth-order valence-electron chi connectivity index (χ4n) is 3.18. The highest BCUT2D eigenvalue weighted by Gasteiger charge is 2.21. The molecule has 3 aromatic heterocycles. The minimum absolute atomic E-state index is 0.756. The first kappa shape index (κ1) is 17.0. The molecule has 8 heteroatoms. The Morgan fingerprint density at radius 2 is 1.54 bits per heavy atom. The van der Waals surface area contributed by atoms with E-state index in [1.807, 2.05) is 36.7 Å². The molecule has 0 amide bonds. The lowest BCUT2D eigenvalue weighted by atomic mass is 10.3. The van der Waals surface area contributed by atoms with Gasteiger partial charge in [-0.25, -0.2) is 9.67 Å². The lowest BCUT2D eigenvalue weighted by Crippen LogP contribution is -2.46. The van der Waals surface area contributed by atoms with Crippen LogP contribution in [0.5, 0.6) is 0 Å². The van der Waals surface area contributed by atoms with Gasteiger partial charge in [0.2, 0.25) is 0 Å². The molecule has 0 spiro atoms. The quantitative estimate of drug-likeness (QED) is 0.707. The normalized spacial score (nSPS) is 14.9. The van der Waals surface area contributed by atoms with Crippen LogP contribution in [0.4, 0.5) is 10.9 Å². The Balaban J connectivity index is 1.44. The Morgan fingerprint density at radius 3 is 2.08 bits per heavy atom. The van der Waals surface area contributed by atoms with Gasteiger partial charge in [-0.3, -0.25) is 0 Å². The van der Waals surface area contributed by atoms with Crippen molar-refractivity contribution in [2.45, 2.75) is 27.7 Å². The fourth-order valence-corrected chi connectivity index (χ4v) is 4.14. The molecule has 0 saturated carbocycles. The lowest BCUT2D eigenvalue weighted by Gasteiger charge is -2.35. The lowest BCUT2D eigenvalue weighted by molar-refractivity contribution is 0.640. The van der Waals surface area contributed by atoms with Crippen LogP contribution in [0.25, 0.3) is 5.82 Å². The number of hydrogen-bond donors (Lipinski definition) is 0. The molecule has 0 aliphatic carbocycles. The average Bonchev–Trinajstić information content (AvgIpc) is 3.16. The van der Waals surface area contributed by atoms with Gasteiger partial charge in [0.25, 0.3) is 0 Å². The van der Waals surface area contributed by atoms with Gasteiger partial charge in [0.05, 0.1) is 11.4 Å².